The summed E-state index contributed by atoms with van der Waals surface area (Å²) in [4.78, 5) is 12.9. The molecule has 152 valence electrons. The van der Waals surface area contributed by atoms with E-state index in [1.54, 1.807) is 51.1 Å². The minimum absolute atomic E-state index is 0.177. The first-order chi connectivity index (χ1) is 13.3. The number of hydrogen-bond donors (Lipinski definition) is 1. The molecule has 0 heterocycles. The Morgan fingerprint density at radius 3 is 2.29 bits per heavy atom. The third-order valence-corrected chi connectivity index (χ3v) is 6.61. The summed E-state index contributed by atoms with van der Waals surface area (Å²) < 4.78 is 37.5. The van der Waals surface area contributed by atoms with Gasteiger partial charge in [0.05, 0.1) is 24.7 Å². The second kappa shape index (κ2) is 9.07. The molecule has 0 atom stereocenters. The first kappa shape index (κ1) is 21.7. The average molecular weight is 407 g/mol. The Kier molecular flexibility index (Phi) is 7.04. The Bertz CT molecular complexity index is 953. The monoisotopic (exact) mass is 406 g/mol. The zero-order chi connectivity index (χ0) is 20.9. The van der Waals surface area contributed by atoms with E-state index in [0.717, 1.165) is 0 Å². The zero-order valence-corrected chi connectivity index (χ0v) is 17.6. The van der Waals surface area contributed by atoms with Gasteiger partial charge in [0, 0.05) is 24.8 Å². The van der Waals surface area contributed by atoms with Crippen LogP contribution >= 0.6 is 0 Å². The summed E-state index contributed by atoms with van der Waals surface area (Å²) in [7, 11) is -0.645. The van der Waals surface area contributed by atoms with Gasteiger partial charge >= 0.3 is 0 Å². The molecule has 0 bridgehead atoms. The number of aryl methyl sites for hydroxylation is 1. The van der Waals surface area contributed by atoms with E-state index in [4.69, 9.17) is 9.47 Å². The van der Waals surface area contributed by atoms with Gasteiger partial charge in [-0.3, -0.25) is 4.79 Å². The van der Waals surface area contributed by atoms with Crippen molar-refractivity contribution < 1.29 is 22.7 Å². The number of rotatable bonds is 8. The standard InChI is InChI=1S/C20H26N2O5S/c1-6-22(7-2)28(24,25)19-12-15(9-8-14(19)3)21-20(23)17-11-10-16(26-4)13-18(17)27-5/h8-13H,6-7H2,1-5H3,(H,21,23). The maximum atomic E-state index is 12.9. The first-order valence-corrected chi connectivity index (χ1v) is 10.4. The van der Waals surface area contributed by atoms with E-state index in [0.29, 0.717) is 41.4 Å². The normalized spacial score (nSPS) is 11.4. The number of carbonyl (C=O) groups is 1. The van der Waals surface area contributed by atoms with Crippen LogP contribution in [0.25, 0.3) is 0 Å². The number of hydrogen-bond acceptors (Lipinski definition) is 5. The van der Waals surface area contributed by atoms with Crippen molar-refractivity contribution >= 4 is 21.6 Å². The third kappa shape index (κ3) is 4.45. The van der Waals surface area contributed by atoms with E-state index in [-0.39, 0.29) is 4.90 Å². The molecule has 8 heteroatoms. The van der Waals surface area contributed by atoms with Crippen LogP contribution in [0, 0.1) is 6.92 Å². The van der Waals surface area contributed by atoms with Crippen LogP contribution in [-0.2, 0) is 10.0 Å². The van der Waals surface area contributed by atoms with Crippen LogP contribution in [0.15, 0.2) is 41.3 Å². The number of ether oxygens (including phenoxy) is 2. The highest BCUT2D eigenvalue weighted by Crippen LogP contribution is 2.27. The fourth-order valence-electron chi connectivity index (χ4n) is 2.84. The molecule has 1 amide bonds. The highest BCUT2D eigenvalue weighted by Gasteiger charge is 2.24. The quantitative estimate of drug-likeness (QED) is 0.727. The van der Waals surface area contributed by atoms with Crippen LogP contribution in [-0.4, -0.2) is 45.9 Å². The van der Waals surface area contributed by atoms with Crippen LogP contribution in [0.2, 0.25) is 0 Å². The van der Waals surface area contributed by atoms with E-state index >= 15 is 0 Å². The Morgan fingerprint density at radius 2 is 1.71 bits per heavy atom. The maximum absolute atomic E-state index is 12.9. The summed E-state index contributed by atoms with van der Waals surface area (Å²) >= 11 is 0. The molecule has 0 aliphatic carbocycles. The smallest absolute Gasteiger partial charge is 0.259 e. The second-order valence-electron chi connectivity index (χ2n) is 6.09. The largest absolute Gasteiger partial charge is 0.497 e. The van der Waals surface area contributed by atoms with Crippen molar-refractivity contribution in [2.75, 3.05) is 32.6 Å². The molecule has 1 N–H and O–H groups in total. The highest BCUT2D eigenvalue weighted by atomic mass is 32.2. The molecule has 0 saturated heterocycles. The van der Waals surface area contributed by atoms with Crippen LogP contribution < -0.4 is 14.8 Å². The third-order valence-electron chi connectivity index (χ3n) is 4.42. The molecular formula is C20H26N2O5S. The number of anilines is 1. The first-order valence-electron chi connectivity index (χ1n) is 8.92. The fourth-order valence-corrected chi connectivity index (χ4v) is 4.55. The Labute approximate surface area is 166 Å². The van der Waals surface area contributed by atoms with Gasteiger partial charge in [0.2, 0.25) is 10.0 Å². The van der Waals surface area contributed by atoms with E-state index in [9.17, 15) is 13.2 Å². The van der Waals surface area contributed by atoms with Crippen molar-refractivity contribution in [3.05, 3.63) is 47.5 Å². The van der Waals surface area contributed by atoms with Crippen LogP contribution in [0.1, 0.15) is 29.8 Å². The van der Waals surface area contributed by atoms with Crippen molar-refractivity contribution in [1.82, 2.24) is 4.31 Å². The molecule has 2 aromatic rings. The number of nitrogens with zero attached hydrogens (tertiary/aromatic N) is 1. The van der Waals surface area contributed by atoms with Crippen molar-refractivity contribution in [2.45, 2.75) is 25.7 Å². The minimum Gasteiger partial charge on any atom is -0.497 e. The van der Waals surface area contributed by atoms with Crippen molar-refractivity contribution in [1.29, 1.82) is 0 Å². The second-order valence-corrected chi connectivity index (χ2v) is 8.00. The van der Waals surface area contributed by atoms with Gasteiger partial charge in [-0.25, -0.2) is 8.42 Å². The molecule has 0 unspecified atom stereocenters. The lowest BCUT2D eigenvalue weighted by Crippen LogP contribution is -2.31. The summed E-state index contributed by atoms with van der Waals surface area (Å²) in [5.74, 6) is 0.519. The molecule has 0 spiro atoms. The Morgan fingerprint density at radius 1 is 1.04 bits per heavy atom. The predicted molar refractivity (Wildman–Crippen MR) is 109 cm³/mol. The molecule has 2 aromatic carbocycles. The highest BCUT2D eigenvalue weighted by molar-refractivity contribution is 7.89. The zero-order valence-electron chi connectivity index (χ0n) is 16.8. The van der Waals surface area contributed by atoms with Gasteiger partial charge in [0.25, 0.3) is 5.91 Å². The molecule has 0 saturated carbocycles. The van der Waals surface area contributed by atoms with Crippen LogP contribution in [0.5, 0.6) is 11.5 Å². The Hall–Kier alpha value is -2.58. The van der Waals surface area contributed by atoms with Gasteiger partial charge < -0.3 is 14.8 Å². The maximum Gasteiger partial charge on any atom is 0.259 e. The number of nitrogens with one attached hydrogen (secondary N) is 1. The number of sulfonamides is 1. The number of amides is 1. The summed E-state index contributed by atoms with van der Waals surface area (Å²) in [6.07, 6.45) is 0. The molecular weight excluding hydrogens is 380 g/mol. The number of benzene rings is 2. The van der Waals surface area contributed by atoms with Crippen LogP contribution in [0.4, 0.5) is 5.69 Å². The average Bonchev–Trinajstić information content (AvgIpc) is 2.69. The summed E-state index contributed by atoms with van der Waals surface area (Å²) in [6.45, 7) is 6.06. The van der Waals surface area contributed by atoms with E-state index < -0.39 is 15.9 Å². The van der Waals surface area contributed by atoms with Gasteiger partial charge in [-0.15, -0.1) is 0 Å². The van der Waals surface area contributed by atoms with Gasteiger partial charge in [-0.05, 0) is 36.8 Å². The summed E-state index contributed by atoms with van der Waals surface area (Å²) in [5, 5.41) is 2.74. The number of carbonyl (C=O) groups excluding carboxylic acids is 1. The fraction of sp³-hybridized carbons (Fsp3) is 0.350. The number of methoxy groups -OCH3 is 2. The van der Waals surface area contributed by atoms with Gasteiger partial charge in [0.15, 0.2) is 0 Å². The van der Waals surface area contributed by atoms with Gasteiger partial charge in [-0.1, -0.05) is 19.9 Å². The summed E-state index contributed by atoms with van der Waals surface area (Å²) in [6, 6.07) is 9.69. The van der Waals surface area contributed by atoms with Crippen molar-refractivity contribution in [2.24, 2.45) is 0 Å². The molecule has 28 heavy (non-hydrogen) atoms. The molecule has 2 rings (SSSR count). The van der Waals surface area contributed by atoms with E-state index in [1.807, 2.05) is 0 Å². The molecule has 0 aromatic heterocycles. The van der Waals surface area contributed by atoms with Crippen molar-refractivity contribution in [3.63, 3.8) is 0 Å². The van der Waals surface area contributed by atoms with Gasteiger partial charge in [0.1, 0.15) is 11.5 Å². The summed E-state index contributed by atoms with van der Waals surface area (Å²) in [5.41, 5.74) is 1.32. The lowest BCUT2D eigenvalue weighted by Gasteiger charge is -2.20. The lowest BCUT2D eigenvalue weighted by molar-refractivity contribution is 0.102. The minimum atomic E-state index is -3.64. The molecule has 0 fully saturated rings. The lowest BCUT2D eigenvalue weighted by atomic mass is 10.1. The predicted octanol–water partition coefficient (Wildman–Crippen LogP) is 3.30. The topological polar surface area (TPSA) is 84.9 Å². The molecule has 7 nitrogen and oxygen atoms in total. The van der Waals surface area contributed by atoms with E-state index in [1.165, 1.54) is 24.6 Å². The molecule has 0 aliphatic rings. The molecule has 0 aliphatic heterocycles. The van der Waals surface area contributed by atoms with Crippen molar-refractivity contribution in [3.8, 4) is 11.5 Å². The van der Waals surface area contributed by atoms with Crippen LogP contribution in [0.3, 0.4) is 0 Å². The van der Waals surface area contributed by atoms with Gasteiger partial charge in [-0.2, -0.15) is 4.31 Å². The Balaban J connectivity index is 2.37. The molecule has 0 radical (unpaired) electrons. The van der Waals surface area contributed by atoms with E-state index in [2.05, 4.69) is 5.32 Å². The SMILES string of the molecule is CCN(CC)S(=O)(=O)c1cc(NC(=O)c2ccc(OC)cc2OC)ccc1C.